The molecule has 1 aliphatic heterocycles. The number of rotatable bonds is 3. The normalized spacial score (nSPS) is 19.6. The van der Waals surface area contributed by atoms with E-state index in [1.807, 2.05) is 13.2 Å². The van der Waals surface area contributed by atoms with Crippen LogP contribution in [-0.2, 0) is 11.8 Å². The summed E-state index contributed by atoms with van der Waals surface area (Å²) in [4.78, 5) is 25.8. The number of piperidine rings is 1. The molecule has 1 atom stereocenters. The molecule has 1 unspecified atom stereocenters. The fourth-order valence-electron chi connectivity index (χ4n) is 2.82. The second-order valence-corrected chi connectivity index (χ2v) is 7.19. The maximum atomic E-state index is 12.6. The van der Waals surface area contributed by atoms with Crippen LogP contribution < -0.4 is 0 Å². The number of aliphatic carboxylic acids is 1. The summed E-state index contributed by atoms with van der Waals surface area (Å²) < 4.78 is 2.66. The van der Waals surface area contributed by atoms with Crippen molar-refractivity contribution in [1.82, 2.24) is 9.47 Å². The van der Waals surface area contributed by atoms with E-state index in [2.05, 4.69) is 15.9 Å². The predicted molar refractivity (Wildman–Crippen MR) is 83.2 cm³/mol. The van der Waals surface area contributed by atoms with Gasteiger partial charge in [-0.15, -0.1) is 0 Å². The molecule has 0 saturated carbocycles. The van der Waals surface area contributed by atoms with Crippen LogP contribution in [0.1, 0.15) is 37.2 Å². The monoisotopic (exact) mass is 356 g/mol. The fourth-order valence-corrected chi connectivity index (χ4v) is 3.35. The number of carbonyl (C=O) groups is 2. The van der Waals surface area contributed by atoms with Gasteiger partial charge in [0.2, 0.25) is 0 Å². The van der Waals surface area contributed by atoms with Crippen LogP contribution in [0, 0.1) is 11.3 Å². The highest BCUT2D eigenvalue weighted by Gasteiger charge is 2.40. The number of aromatic nitrogens is 1. The average Bonchev–Trinajstić information content (AvgIpc) is 2.76. The maximum absolute atomic E-state index is 12.6. The molecule has 1 saturated heterocycles. The molecule has 6 heteroatoms. The first kappa shape index (κ1) is 16.1. The van der Waals surface area contributed by atoms with Crippen LogP contribution in [0.3, 0.4) is 0 Å². The molecule has 0 spiro atoms. The van der Waals surface area contributed by atoms with Gasteiger partial charge in [-0.2, -0.15) is 0 Å². The van der Waals surface area contributed by atoms with Gasteiger partial charge < -0.3 is 14.6 Å². The number of aryl methyl sites for hydroxylation is 1. The van der Waals surface area contributed by atoms with Gasteiger partial charge >= 0.3 is 5.97 Å². The highest BCUT2D eigenvalue weighted by molar-refractivity contribution is 9.10. The third-order valence-electron chi connectivity index (χ3n) is 4.47. The third kappa shape index (κ3) is 3.15. The first-order valence-electron chi connectivity index (χ1n) is 7.08. The Morgan fingerprint density at radius 3 is 2.62 bits per heavy atom. The molecule has 0 aliphatic carbocycles. The second-order valence-electron chi connectivity index (χ2n) is 6.27. The van der Waals surface area contributed by atoms with Crippen LogP contribution in [-0.4, -0.2) is 39.5 Å². The number of carboxylic acid groups (broad SMARTS) is 1. The van der Waals surface area contributed by atoms with Gasteiger partial charge in [0.15, 0.2) is 0 Å². The molecule has 0 aromatic carbocycles. The number of nitrogens with zero attached hydrogens (tertiary/aromatic N) is 2. The third-order valence-corrected chi connectivity index (χ3v) is 4.90. The van der Waals surface area contributed by atoms with Crippen molar-refractivity contribution in [3.05, 3.63) is 22.4 Å². The summed E-state index contributed by atoms with van der Waals surface area (Å²) in [5, 5.41) is 9.37. The molecule has 1 aliphatic rings. The van der Waals surface area contributed by atoms with Crippen molar-refractivity contribution in [1.29, 1.82) is 0 Å². The lowest BCUT2D eigenvalue weighted by Crippen LogP contribution is -2.47. The van der Waals surface area contributed by atoms with Crippen molar-refractivity contribution in [2.45, 2.75) is 26.7 Å². The minimum absolute atomic E-state index is 0.0172. The first-order chi connectivity index (χ1) is 9.73. The van der Waals surface area contributed by atoms with Crippen LogP contribution in [0.25, 0.3) is 0 Å². The molecule has 116 valence electrons. The Kier molecular flexibility index (Phi) is 4.46. The van der Waals surface area contributed by atoms with Crippen molar-refractivity contribution in [2.75, 3.05) is 13.1 Å². The van der Waals surface area contributed by atoms with Gasteiger partial charge in [0.25, 0.3) is 5.91 Å². The van der Waals surface area contributed by atoms with Gasteiger partial charge in [-0.3, -0.25) is 9.59 Å². The van der Waals surface area contributed by atoms with E-state index in [0.717, 1.165) is 17.3 Å². The quantitative estimate of drug-likeness (QED) is 0.905. The molecule has 0 bridgehead atoms. The molecule has 5 nitrogen and oxygen atoms in total. The Morgan fingerprint density at radius 1 is 1.43 bits per heavy atom. The minimum Gasteiger partial charge on any atom is -0.481 e. The summed E-state index contributed by atoms with van der Waals surface area (Å²) >= 11 is 3.37. The molecular formula is C15H21BrN2O3. The Hall–Kier alpha value is -1.30. The van der Waals surface area contributed by atoms with Crippen LogP contribution in [0.4, 0.5) is 0 Å². The largest absolute Gasteiger partial charge is 0.481 e. The first-order valence-corrected chi connectivity index (χ1v) is 7.87. The van der Waals surface area contributed by atoms with E-state index >= 15 is 0 Å². The standard InChI is InChI=1S/C15H21BrN2O3/c1-15(2,14(20)21)10-5-4-6-18(8-10)13(19)12-7-11(16)9-17(12)3/h7,9-10H,4-6,8H2,1-3H3,(H,20,21). The van der Waals surface area contributed by atoms with Crippen LogP contribution >= 0.6 is 15.9 Å². The number of likely N-dealkylation sites (tertiary alicyclic amines) is 1. The van der Waals surface area contributed by atoms with Gasteiger partial charge in [0.05, 0.1) is 5.41 Å². The van der Waals surface area contributed by atoms with Gasteiger partial charge in [-0.1, -0.05) is 0 Å². The number of carboxylic acids is 1. The summed E-state index contributed by atoms with van der Waals surface area (Å²) in [5.41, 5.74) is -0.191. The molecule has 0 radical (unpaired) electrons. The van der Waals surface area contributed by atoms with E-state index in [1.165, 1.54) is 0 Å². The van der Waals surface area contributed by atoms with E-state index in [4.69, 9.17) is 0 Å². The van der Waals surface area contributed by atoms with E-state index in [9.17, 15) is 14.7 Å². The Balaban J connectivity index is 2.16. The van der Waals surface area contributed by atoms with Gasteiger partial charge in [-0.05, 0) is 54.6 Å². The van der Waals surface area contributed by atoms with Crippen LogP contribution in [0.2, 0.25) is 0 Å². The van der Waals surface area contributed by atoms with Gasteiger partial charge in [0.1, 0.15) is 5.69 Å². The van der Waals surface area contributed by atoms with E-state index < -0.39 is 11.4 Å². The molecule has 1 fully saturated rings. The highest BCUT2D eigenvalue weighted by Crippen LogP contribution is 2.34. The number of amides is 1. The van der Waals surface area contributed by atoms with Crippen molar-refractivity contribution in [2.24, 2.45) is 18.4 Å². The Labute approximate surface area is 133 Å². The molecular weight excluding hydrogens is 336 g/mol. The zero-order chi connectivity index (χ0) is 15.8. The number of hydrogen-bond acceptors (Lipinski definition) is 2. The predicted octanol–water partition coefficient (Wildman–Crippen LogP) is 2.75. The van der Waals surface area contributed by atoms with E-state index in [-0.39, 0.29) is 11.8 Å². The van der Waals surface area contributed by atoms with Crippen LogP contribution in [0.5, 0.6) is 0 Å². The smallest absolute Gasteiger partial charge is 0.309 e. The van der Waals surface area contributed by atoms with Gasteiger partial charge in [-0.25, -0.2) is 0 Å². The van der Waals surface area contributed by atoms with E-state index in [1.54, 1.807) is 29.4 Å². The fraction of sp³-hybridized carbons (Fsp3) is 0.600. The number of carbonyl (C=O) groups excluding carboxylic acids is 1. The molecule has 2 heterocycles. The lowest BCUT2D eigenvalue weighted by Gasteiger charge is -2.39. The molecule has 1 aromatic heterocycles. The zero-order valence-electron chi connectivity index (χ0n) is 12.6. The van der Waals surface area contributed by atoms with Crippen LogP contribution in [0.15, 0.2) is 16.7 Å². The molecule has 21 heavy (non-hydrogen) atoms. The summed E-state index contributed by atoms with van der Waals surface area (Å²) in [5.74, 6) is -0.853. The maximum Gasteiger partial charge on any atom is 0.309 e. The lowest BCUT2D eigenvalue weighted by molar-refractivity contribution is -0.151. The summed E-state index contributed by atoms with van der Waals surface area (Å²) in [7, 11) is 1.83. The van der Waals surface area contributed by atoms with E-state index in [0.29, 0.717) is 18.8 Å². The molecule has 1 N–H and O–H groups in total. The zero-order valence-corrected chi connectivity index (χ0v) is 14.2. The Bertz CT molecular complexity index is 565. The number of halogens is 1. The Morgan fingerprint density at radius 2 is 2.10 bits per heavy atom. The molecule has 1 amide bonds. The summed E-state index contributed by atoms with van der Waals surface area (Å²) in [6.07, 6.45) is 3.54. The van der Waals surface area contributed by atoms with Crippen molar-refractivity contribution in [3.63, 3.8) is 0 Å². The SMILES string of the molecule is Cn1cc(Br)cc1C(=O)N1CCCC(C(C)(C)C(=O)O)C1. The summed E-state index contributed by atoms with van der Waals surface area (Å²) in [6, 6.07) is 1.80. The number of hydrogen-bond donors (Lipinski definition) is 1. The average molecular weight is 357 g/mol. The molecule has 1 aromatic rings. The minimum atomic E-state index is -0.812. The molecule has 2 rings (SSSR count). The second kappa shape index (κ2) is 5.83. The topological polar surface area (TPSA) is 62.5 Å². The highest BCUT2D eigenvalue weighted by atomic mass is 79.9. The van der Waals surface area contributed by atoms with Crippen molar-refractivity contribution < 1.29 is 14.7 Å². The van der Waals surface area contributed by atoms with Gasteiger partial charge in [0, 0.05) is 30.8 Å². The van der Waals surface area contributed by atoms with Crippen molar-refractivity contribution >= 4 is 27.8 Å². The van der Waals surface area contributed by atoms with Crippen molar-refractivity contribution in [3.8, 4) is 0 Å². The lowest BCUT2D eigenvalue weighted by atomic mass is 9.74. The summed E-state index contributed by atoms with van der Waals surface area (Å²) in [6.45, 7) is 4.68.